The summed E-state index contributed by atoms with van der Waals surface area (Å²) in [6.45, 7) is 4.82. The van der Waals surface area contributed by atoms with Crippen molar-refractivity contribution in [1.82, 2.24) is 15.5 Å². The molecule has 0 saturated carbocycles. The molecule has 7 nitrogen and oxygen atoms in total. The molecule has 0 unspecified atom stereocenters. The van der Waals surface area contributed by atoms with E-state index in [1.165, 1.54) is 0 Å². The average molecular weight is 348 g/mol. The number of hydrogen-bond acceptors (Lipinski definition) is 5. The zero-order valence-corrected chi connectivity index (χ0v) is 14.6. The Kier molecular flexibility index (Phi) is 8.38. The summed E-state index contributed by atoms with van der Waals surface area (Å²) < 4.78 is 5.32. The average Bonchev–Trinajstić information content (AvgIpc) is 2.66. The Labute approximate surface area is 148 Å². The van der Waals surface area contributed by atoms with Crippen molar-refractivity contribution in [2.75, 3.05) is 45.9 Å². The van der Waals surface area contributed by atoms with Crippen LogP contribution in [0.2, 0.25) is 0 Å². The molecule has 0 bridgehead atoms. The molecule has 2 rings (SSSR count). The molecule has 0 aromatic heterocycles. The first-order valence-corrected chi connectivity index (χ1v) is 8.80. The Morgan fingerprint density at radius 1 is 1.20 bits per heavy atom. The summed E-state index contributed by atoms with van der Waals surface area (Å²) >= 11 is 0. The molecule has 25 heavy (non-hydrogen) atoms. The van der Waals surface area contributed by atoms with Crippen molar-refractivity contribution in [1.29, 1.82) is 0 Å². The van der Waals surface area contributed by atoms with Gasteiger partial charge in [-0.3, -0.25) is 14.5 Å². The lowest BCUT2D eigenvalue weighted by Crippen LogP contribution is -2.50. The topological polar surface area (TPSA) is 96.7 Å². The molecule has 1 atom stereocenters. The van der Waals surface area contributed by atoms with Gasteiger partial charge in [-0.2, -0.15) is 0 Å². The van der Waals surface area contributed by atoms with Gasteiger partial charge in [0.15, 0.2) is 0 Å². The number of benzene rings is 1. The summed E-state index contributed by atoms with van der Waals surface area (Å²) in [7, 11) is 0. The fourth-order valence-electron chi connectivity index (χ4n) is 2.77. The van der Waals surface area contributed by atoms with Gasteiger partial charge in [0.1, 0.15) is 6.04 Å². The molecule has 1 aromatic rings. The van der Waals surface area contributed by atoms with E-state index >= 15 is 0 Å². The standard InChI is InChI=1S/C18H28N4O3/c19-14-17(23)21-16(13-15-5-2-1-3-6-15)18(24)20-7-4-8-22-9-11-25-12-10-22/h1-3,5-6,16H,4,7-14,19H2,(H,20,24)(H,21,23)/t16-/m1/s1. The molecule has 0 aliphatic carbocycles. The van der Waals surface area contributed by atoms with Gasteiger partial charge in [-0.25, -0.2) is 0 Å². The summed E-state index contributed by atoms with van der Waals surface area (Å²) in [4.78, 5) is 26.4. The fraction of sp³-hybridized carbons (Fsp3) is 0.556. The van der Waals surface area contributed by atoms with Gasteiger partial charge in [0.25, 0.3) is 0 Å². The lowest BCUT2D eigenvalue weighted by Gasteiger charge is -2.26. The normalized spacial score (nSPS) is 16.2. The van der Waals surface area contributed by atoms with Crippen LogP contribution >= 0.6 is 0 Å². The van der Waals surface area contributed by atoms with Crippen LogP contribution in [0.4, 0.5) is 0 Å². The minimum Gasteiger partial charge on any atom is -0.379 e. The van der Waals surface area contributed by atoms with E-state index in [1.807, 2.05) is 30.3 Å². The Morgan fingerprint density at radius 2 is 1.92 bits per heavy atom. The van der Waals surface area contributed by atoms with Crippen molar-refractivity contribution in [2.45, 2.75) is 18.9 Å². The summed E-state index contributed by atoms with van der Waals surface area (Å²) in [6.07, 6.45) is 1.32. The highest BCUT2D eigenvalue weighted by molar-refractivity contribution is 5.88. The molecule has 4 N–H and O–H groups in total. The number of nitrogens with one attached hydrogen (secondary N) is 2. The third-order valence-corrected chi connectivity index (χ3v) is 4.17. The largest absolute Gasteiger partial charge is 0.379 e. The maximum atomic E-state index is 12.4. The minimum atomic E-state index is -0.609. The minimum absolute atomic E-state index is 0.129. The predicted octanol–water partition coefficient (Wildman–Crippen LogP) is -0.489. The van der Waals surface area contributed by atoms with Crippen molar-refractivity contribution < 1.29 is 14.3 Å². The molecule has 1 aliphatic rings. The van der Waals surface area contributed by atoms with E-state index in [1.54, 1.807) is 0 Å². The van der Waals surface area contributed by atoms with Gasteiger partial charge < -0.3 is 21.1 Å². The van der Waals surface area contributed by atoms with E-state index in [-0.39, 0.29) is 18.4 Å². The third kappa shape index (κ3) is 7.21. The van der Waals surface area contributed by atoms with Gasteiger partial charge in [0.05, 0.1) is 19.8 Å². The smallest absolute Gasteiger partial charge is 0.242 e. The van der Waals surface area contributed by atoms with Crippen LogP contribution in [-0.4, -0.2) is 68.7 Å². The summed E-state index contributed by atoms with van der Waals surface area (Å²) in [5, 5.41) is 5.62. The first-order chi connectivity index (χ1) is 12.2. The van der Waals surface area contributed by atoms with Crippen molar-refractivity contribution in [2.24, 2.45) is 5.73 Å². The number of nitrogens with zero attached hydrogens (tertiary/aromatic N) is 1. The lowest BCUT2D eigenvalue weighted by molar-refractivity contribution is -0.128. The summed E-state index contributed by atoms with van der Waals surface area (Å²) in [5.41, 5.74) is 6.35. The van der Waals surface area contributed by atoms with E-state index in [4.69, 9.17) is 10.5 Å². The highest BCUT2D eigenvalue weighted by Gasteiger charge is 2.20. The summed E-state index contributed by atoms with van der Waals surface area (Å²) in [6, 6.07) is 9.01. The molecule has 0 radical (unpaired) electrons. The van der Waals surface area contributed by atoms with E-state index < -0.39 is 6.04 Å². The van der Waals surface area contributed by atoms with E-state index in [2.05, 4.69) is 15.5 Å². The number of morpholine rings is 1. The van der Waals surface area contributed by atoms with Gasteiger partial charge in [-0.1, -0.05) is 30.3 Å². The molecule has 1 fully saturated rings. The van der Waals surface area contributed by atoms with Gasteiger partial charge in [-0.05, 0) is 18.5 Å². The Bertz CT molecular complexity index is 532. The molecule has 1 aromatic carbocycles. The summed E-state index contributed by atoms with van der Waals surface area (Å²) in [5.74, 6) is -0.503. The molecule has 7 heteroatoms. The number of rotatable bonds is 9. The second kappa shape index (κ2) is 10.8. The molecule has 1 heterocycles. The first-order valence-electron chi connectivity index (χ1n) is 8.80. The van der Waals surface area contributed by atoms with Gasteiger partial charge >= 0.3 is 0 Å². The predicted molar refractivity (Wildman–Crippen MR) is 96.0 cm³/mol. The highest BCUT2D eigenvalue weighted by atomic mass is 16.5. The number of amides is 2. The Balaban J connectivity index is 1.78. The van der Waals surface area contributed by atoms with Gasteiger partial charge in [0, 0.05) is 26.1 Å². The van der Waals surface area contributed by atoms with E-state index in [9.17, 15) is 9.59 Å². The molecule has 1 aliphatic heterocycles. The van der Waals surface area contributed by atoms with Crippen LogP contribution in [0.15, 0.2) is 30.3 Å². The van der Waals surface area contributed by atoms with Crippen LogP contribution in [0.25, 0.3) is 0 Å². The molecule has 1 saturated heterocycles. The maximum Gasteiger partial charge on any atom is 0.242 e. The quantitative estimate of drug-likeness (QED) is 0.524. The fourth-order valence-corrected chi connectivity index (χ4v) is 2.77. The molecule has 0 spiro atoms. The van der Waals surface area contributed by atoms with E-state index in [0.29, 0.717) is 13.0 Å². The Hall–Kier alpha value is -1.96. The van der Waals surface area contributed by atoms with Crippen molar-refractivity contribution in [3.05, 3.63) is 35.9 Å². The number of nitrogens with two attached hydrogens (primary N) is 1. The van der Waals surface area contributed by atoms with Crippen molar-refractivity contribution in [3.63, 3.8) is 0 Å². The monoisotopic (exact) mass is 348 g/mol. The van der Waals surface area contributed by atoms with Crippen LogP contribution in [0.3, 0.4) is 0 Å². The number of carbonyl (C=O) groups excluding carboxylic acids is 2. The first kappa shape index (κ1) is 19.4. The van der Waals surface area contributed by atoms with Crippen LogP contribution in [0.5, 0.6) is 0 Å². The molecular weight excluding hydrogens is 320 g/mol. The highest BCUT2D eigenvalue weighted by Crippen LogP contribution is 2.04. The van der Waals surface area contributed by atoms with Crippen molar-refractivity contribution in [3.8, 4) is 0 Å². The van der Waals surface area contributed by atoms with Crippen LogP contribution in [0, 0.1) is 0 Å². The maximum absolute atomic E-state index is 12.4. The second-order valence-electron chi connectivity index (χ2n) is 6.11. The molecular formula is C18H28N4O3. The second-order valence-corrected chi connectivity index (χ2v) is 6.11. The van der Waals surface area contributed by atoms with Crippen molar-refractivity contribution >= 4 is 11.8 Å². The van der Waals surface area contributed by atoms with E-state index in [0.717, 1.165) is 44.8 Å². The van der Waals surface area contributed by atoms with Gasteiger partial charge in [-0.15, -0.1) is 0 Å². The zero-order valence-electron chi connectivity index (χ0n) is 14.6. The van der Waals surface area contributed by atoms with Crippen LogP contribution in [-0.2, 0) is 20.7 Å². The number of ether oxygens (including phenoxy) is 1. The molecule has 2 amide bonds. The van der Waals surface area contributed by atoms with Crippen LogP contribution in [0.1, 0.15) is 12.0 Å². The van der Waals surface area contributed by atoms with Crippen LogP contribution < -0.4 is 16.4 Å². The number of carbonyl (C=O) groups is 2. The Morgan fingerprint density at radius 3 is 2.60 bits per heavy atom. The van der Waals surface area contributed by atoms with Gasteiger partial charge in [0.2, 0.25) is 11.8 Å². The zero-order chi connectivity index (χ0) is 17.9. The SMILES string of the molecule is NCC(=O)N[C@H](Cc1ccccc1)C(=O)NCCCN1CCOCC1. The molecule has 138 valence electrons. The third-order valence-electron chi connectivity index (χ3n) is 4.17. The lowest BCUT2D eigenvalue weighted by atomic mass is 10.1. The number of hydrogen-bond donors (Lipinski definition) is 3.